The Kier molecular flexibility index (Phi) is 69.9. The Morgan fingerprint density at radius 1 is 0.341 bits per heavy atom. The minimum absolute atomic E-state index is 0.00521. The molecule has 0 aromatic heterocycles. The molecule has 0 aliphatic heterocycles. The number of esters is 1. The first-order chi connectivity index (χ1) is 40.5. The summed E-state index contributed by atoms with van der Waals surface area (Å²) in [5, 5.41) is 23.4. The van der Waals surface area contributed by atoms with E-state index in [4.69, 9.17) is 4.74 Å². The Balaban J connectivity index is 3.35. The van der Waals surface area contributed by atoms with Gasteiger partial charge in [0.25, 0.3) is 0 Å². The number of allylic oxidation sites excluding steroid dienone is 6. The Bertz CT molecular complexity index is 1330. The summed E-state index contributed by atoms with van der Waals surface area (Å²) in [6.07, 6.45) is 92.1. The van der Waals surface area contributed by atoms with E-state index in [0.717, 1.165) is 51.4 Å². The quantitative estimate of drug-likeness (QED) is 0.0320. The fourth-order valence-electron chi connectivity index (χ4n) is 11.7. The van der Waals surface area contributed by atoms with E-state index < -0.39 is 12.1 Å². The molecule has 2 unspecified atom stereocenters. The van der Waals surface area contributed by atoms with Crippen molar-refractivity contribution >= 4 is 11.9 Å². The van der Waals surface area contributed by atoms with E-state index in [2.05, 4.69) is 55.6 Å². The van der Waals surface area contributed by atoms with Gasteiger partial charge < -0.3 is 20.3 Å². The van der Waals surface area contributed by atoms with Crippen LogP contribution in [0.15, 0.2) is 36.5 Å². The molecule has 2 atom stereocenters. The molecule has 484 valence electrons. The highest BCUT2D eigenvalue weighted by molar-refractivity contribution is 5.76. The lowest BCUT2D eigenvalue weighted by atomic mass is 10.0. The van der Waals surface area contributed by atoms with Crippen LogP contribution in [0, 0.1) is 0 Å². The molecular weight excluding hydrogens is 1010 g/mol. The largest absolute Gasteiger partial charge is 0.466 e. The summed E-state index contributed by atoms with van der Waals surface area (Å²) in [5.74, 6) is -0.0236. The number of carbonyl (C=O) groups is 2. The molecule has 0 spiro atoms. The van der Waals surface area contributed by atoms with Crippen molar-refractivity contribution in [3.8, 4) is 0 Å². The van der Waals surface area contributed by atoms with Crippen LogP contribution >= 0.6 is 0 Å². The molecule has 1 amide bonds. The first-order valence-electron chi connectivity index (χ1n) is 37.2. The van der Waals surface area contributed by atoms with Crippen LogP contribution in [0.3, 0.4) is 0 Å². The maximum atomic E-state index is 12.5. The summed E-state index contributed by atoms with van der Waals surface area (Å²) in [4.78, 5) is 24.6. The summed E-state index contributed by atoms with van der Waals surface area (Å²) in [6, 6.07) is -0.540. The van der Waals surface area contributed by atoms with Crippen LogP contribution in [-0.4, -0.2) is 47.4 Å². The summed E-state index contributed by atoms with van der Waals surface area (Å²) < 4.78 is 5.49. The average molecular weight is 1150 g/mol. The van der Waals surface area contributed by atoms with Crippen molar-refractivity contribution in [1.82, 2.24) is 5.32 Å². The predicted molar refractivity (Wildman–Crippen MR) is 361 cm³/mol. The van der Waals surface area contributed by atoms with Crippen molar-refractivity contribution in [3.05, 3.63) is 36.5 Å². The third kappa shape index (κ3) is 67.2. The number of hydrogen-bond acceptors (Lipinski definition) is 5. The van der Waals surface area contributed by atoms with Gasteiger partial charge in [-0.05, 0) is 83.5 Å². The summed E-state index contributed by atoms with van der Waals surface area (Å²) in [5.41, 5.74) is 0. The third-order valence-electron chi connectivity index (χ3n) is 17.4. The first kappa shape index (κ1) is 80.1. The highest BCUT2D eigenvalue weighted by Gasteiger charge is 2.20. The average Bonchev–Trinajstić information content (AvgIpc) is 3.48. The number of hydrogen-bond donors (Lipinski definition) is 3. The maximum Gasteiger partial charge on any atom is 0.305 e. The number of rotatable bonds is 70. The van der Waals surface area contributed by atoms with Gasteiger partial charge in [0, 0.05) is 12.8 Å². The molecule has 0 aromatic carbocycles. The van der Waals surface area contributed by atoms with E-state index in [9.17, 15) is 19.8 Å². The van der Waals surface area contributed by atoms with Gasteiger partial charge in [0.1, 0.15) is 0 Å². The van der Waals surface area contributed by atoms with Crippen molar-refractivity contribution in [3.63, 3.8) is 0 Å². The SMILES string of the molecule is CCCCCC/C=C\C/C=C\CCCCCCCC(=O)OCCCCCCCCCCCCCC/C=C\CCCCCCCCCCCCCCCCCCC(=O)NC(CO)C(O)CCCCCCCCCCCCCCCCCCC. The van der Waals surface area contributed by atoms with Crippen molar-refractivity contribution in [2.75, 3.05) is 13.2 Å². The van der Waals surface area contributed by atoms with Gasteiger partial charge in [0.2, 0.25) is 5.91 Å². The van der Waals surface area contributed by atoms with Crippen LogP contribution < -0.4 is 5.32 Å². The van der Waals surface area contributed by atoms with Gasteiger partial charge in [-0.3, -0.25) is 9.59 Å². The number of carbonyl (C=O) groups excluding carboxylic acids is 2. The molecule has 0 fully saturated rings. The Labute approximate surface area is 513 Å². The van der Waals surface area contributed by atoms with Gasteiger partial charge in [-0.2, -0.15) is 0 Å². The number of unbranched alkanes of at least 4 members (excludes halogenated alkanes) is 53. The van der Waals surface area contributed by atoms with E-state index in [1.165, 1.54) is 327 Å². The van der Waals surface area contributed by atoms with E-state index in [1.807, 2.05) is 0 Å². The zero-order valence-corrected chi connectivity index (χ0v) is 55.5. The number of amides is 1. The molecule has 3 N–H and O–H groups in total. The Hall–Kier alpha value is -1.92. The van der Waals surface area contributed by atoms with Crippen molar-refractivity contribution in [2.24, 2.45) is 0 Å². The highest BCUT2D eigenvalue weighted by atomic mass is 16.5. The van der Waals surface area contributed by atoms with E-state index >= 15 is 0 Å². The summed E-state index contributed by atoms with van der Waals surface area (Å²) in [6.45, 7) is 4.97. The minimum Gasteiger partial charge on any atom is -0.466 e. The zero-order valence-electron chi connectivity index (χ0n) is 55.5. The van der Waals surface area contributed by atoms with Gasteiger partial charge in [0.15, 0.2) is 0 Å². The standard InChI is InChI=1S/C76H145NO5/c1-3-5-7-9-11-13-15-17-19-37-40-44-48-52-56-60-64-68-74(79)73(72-78)77-75(80)69-65-61-57-53-49-45-41-38-35-33-31-29-27-25-23-21-22-24-26-28-30-32-34-36-39-43-47-51-55-59-63-67-71-82-76(81)70-66-62-58-54-50-46-42-20-18-16-14-12-10-8-6-4-2/h14,16,20,24,26,42,73-74,78-79H,3-13,15,17-19,21-23,25,27-41,43-72H2,1-2H3,(H,77,80)/b16-14-,26-24-,42-20-. The van der Waals surface area contributed by atoms with Crippen molar-refractivity contribution in [1.29, 1.82) is 0 Å². The number of ether oxygens (including phenoxy) is 1. The third-order valence-corrected chi connectivity index (χ3v) is 17.4. The Morgan fingerprint density at radius 2 is 0.610 bits per heavy atom. The van der Waals surface area contributed by atoms with Crippen LogP contribution in [0.25, 0.3) is 0 Å². The molecule has 0 aliphatic carbocycles. The van der Waals surface area contributed by atoms with Crippen LogP contribution in [0.2, 0.25) is 0 Å². The number of aliphatic hydroxyl groups is 2. The predicted octanol–water partition coefficient (Wildman–Crippen LogP) is 24.3. The van der Waals surface area contributed by atoms with Crippen LogP contribution in [0.5, 0.6) is 0 Å². The molecule has 6 nitrogen and oxygen atoms in total. The number of aliphatic hydroxyl groups excluding tert-OH is 2. The van der Waals surface area contributed by atoms with Crippen molar-refractivity contribution < 1.29 is 24.5 Å². The highest BCUT2D eigenvalue weighted by Crippen LogP contribution is 2.19. The lowest BCUT2D eigenvalue weighted by Gasteiger charge is -2.22. The lowest BCUT2D eigenvalue weighted by molar-refractivity contribution is -0.143. The molecule has 0 rings (SSSR count). The van der Waals surface area contributed by atoms with Gasteiger partial charge in [0.05, 0.1) is 25.4 Å². The second-order valence-corrected chi connectivity index (χ2v) is 25.6. The monoisotopic (exact) mass is 1150 g/mol. The first-order valence-corrected chi connectivity index (χ1v) is 37.2. The summed E-state index contributed by atoms with van der Waals surface area (Å²) in [7, 11) is 0. The molecule has 0 bridgehead atoms. The van der Waals surface area contributed by atoms with Gasteiger partial charge in [-0.1, -0.05) is 352 Å². The summed E-state index contributed by atoms with van der Waals surface area (Å²) >= 11 is 0. The second-order valence-electron chi connectivity index (χ2n) is 25.6. The van der Waals surface area contributed by atoms with Crippen molar-refractivity contribution in [2.45, 2.75) is 424 Å². The fraction of sp³-hybridized carbons (Fsp3) is 0.895. The fourth-order valence-corrected chi connectivity index (χ4v) is 11.7. The molecule has 0 saturated carbocycles. The molecule has 6 heteroatoms. The molecule has 0 radical (unpaired) electrons. The zero-order chi connectivity index (χ0) is 59.2. The molecule has 0 aliphatic rings. The molecule has 0 saturated heterocycles. The lowest BCUT2D eigenvalue weighted by Crippen LogP contribution is -2.45. The van der Waals surface area contributed by atoms with E-state index in [1.54, 1.807) is 0 Å². The topological polar surface area (TPSA) is 95.9 Å². The van der Waals surface area contributed by atoms with Gasteiger partial charge in [-0.15, -0.1) is 0 Å². The number of nitrogens with one attached hydrogen (secondary N) is 1. The molecular formula is C76H145NO5. The minimum atomic E-state index is -0.663. The van der Waals surface area contributed by atoms with Gasteiger partial charge >= 0.3 is 5.97 Å². The van der Waals surface area contributed by atoms with E-state index in [0.29, 0.717) is 25.9 Å². The second kappa shape index (κ2) is 71.6. The molecule has 0 aromatic rings. The van der Waals surface area contributed by atoms with Crippen LogP contribution in [-0.2, 0) is 14.3 Å². The smallest absolute Gasteiger partial charge is 0.305 e. The van der Waals surface area contributed by atoms with Crippen LogP contribution in [0.4, 0.5) is 0 Å². The van der Waals surface area contributed by atoms with Crippen LogP contribution in [0.1, 0.15) is 412 Å². The molecule has 0 heterocycles. The van der Waals surface area contributed by atoms with Gasteiger partial charge in [-0.25, -0.2) is 0 Å². The van der Waals surface area contributed by atoms with E-state index in [-0.39, 0.29) is 18.5 Å². The maximum absolute atomic E-state index is 12.5. The molecule has 82 heavy (non-hydrogen) atoms. The Morgan fingerprint density at radius 3 is 0.951 bits per heavy atom. The normalized spacial score (nSPS) is 12.7.